The molecule has 3 aromatic rings. The molecule has 0 unspecified atom stereocenters. The van der Waals surface area contributed by atoms with E-state index < -0.39 is 47.6 Å². The van der Waals surface area contributed by atoms with Crippen molar-refractivity contribution in [2.45, 2.75) is 43.6 Å². The maximum absolute atomic E-state index is 13.7. The van der Waals surface area contributed by atoms with E-state index in [1.54, 1.807) is 6.07 Å². The largest absolute Gasteiger partial charge is 0.416 e. The van der Waals surface area contributed by atoms with E-state index in [-0.39, 0.29) is 18.6 Å². The molecule has 0 radical (unpaired) electrons. The Morgan fingerprint density at radius 1 is 0.915 bits per heavy atom. The fourth-order valence-electron chi connectivity index (χ4n) is 5.18. The molecule has 0 aliphatic rings. The Bertz CT molecular complexity index is 1490. The highest BCUT2D eigenvalue weighted by Gasteiger charge is 2.32. The maximum atomic E-state index is 13.7. The fraction of sp³-hybridized carbons (Fsp3) is 0.438. The van der Waals surface area contributed by atoms with Crippen molar-refractivity contribution in [1.82, 2.24) is 15.6 Å². The number of hydrogen-bond donors (Lipinski definition) is 7. The van der Waals surface area contributed by atoms with Crippen LogP contribution in [-0.2, 0) is 27.0 Å². The van der Waals surface area contributed by atoms with E-state index in [9.17, 15) is 27.6 Å². The fourth-order valence-corrected chi connectivity index (χ4v) is 5.35. The Morgan fingerprint density at radius 3 is 2.17 bits per heavy atom. The van der Waals surface area contributed by atoms with E-state index in [4.69, 9.17) is 17.2 Å². The number of nitrogens with two attached hydrogens (primary N) is 3. The second-order valence-electron chi connectivity index (χ2n) is 11.7. The van der Waals surface area contributed by atoms with Crippen LogP contribution in [0.1, 0.15) is 24.0 Å². The molecule has 3 atom stereocenters. The summed E-state index contributed by atoms with van der Waals surface area (Å²) in [5, 5.41) is 8.91. The van der Waals surface area contributed by atoms with E-state index in [0.717, 1.165) is 17.5 Å². The molecule has 11 nitrogen and oxygen atoms in total. The molecule has 256 valence electrons. The van der Waals surface area contributed by atoms with Crippen LogP contribution in [0.3, 0.4) is 0 Å². The summed E-state index contributed by atoms with van der Waals surface area (Å²) in [5.74, 6) is -1.82. The van der Waals surface area contributed by atoms with Gasteiger partial charge in [-0.05, 0) is 42.7 Å². The number of hydrogen-bond acceptors (Lipinski definition) is 8. The molecule has 2 aromatic carbocycles. The van der Waals surface area contributed by atoms with Gasteiger partial charge in [0.15, 0.2) is 0 Å². The second-order valence-corrected chi connectivity index (χ2v) is 12.1. The quantitative estimate of drug-likeness (QED) is 0.0842. The van der Waals surface area contributed by atoms with Crippen molar-refractivity contribution in [2.75, 3.05) is 50.8 Å². The number of carbonyl (C=O) groups excluding carboxylic acids is 3. The van der Waals surface area contributed by atoms with E-state index in [0.29, 0.717) is 60.4 Å². The van der Waals surface area contributed by atoms with Crippen LogP contribution in [0.2, 0.25) is 0 Å². The standard InChI is InChI=1S/C32H43F3N8O3S/c1-43(15-12-36,16-13-37)14-4-7-27(41-29(44)25(38)20-47)30(45)42-28(17-21-8-10-23(11-9-21)32(33,34)35)31(46)40-24-18-22-5-2-3-6-26(22)39-19-24/h2-3,5-6,8-11,18-19,25,27-28H,4,7,12-17,20,36-38H2,1H3,(H3-,40,41,42,44,45,46,47)/p+1/t25-,27+,28-/m1/s1. The van der Waals surface area contributed by atoms with Crippen LogP contribution in [0.5, 0.6) is 0 Å². The van der Waals surface area contributed by atoms with Crippen LogP contribution in [0.25, 0.3) is 10.9 Å². The Kier molecular flexibility index (Phi) is 14.0. The molecule has 0 spiro atoms. The Labute approximate surface area is 277 Å². The summed E-state index contributed by atoms with van der Waals surface area (Å²) in [7, 11) is 2.01. The van der Waals surface area contributed by atoms with E-state index >= 15 is 0 Å². The molecule has 0 saturated carbocycles. The molecule has 9 N–H and O–H groups in total. The molecule has 0 fully saturated rings. The number of para-hydroxylation sites is 1. The molecule has 1 heterocycles. The second kappa shape index (κ2) is 17.4. The first-order valence-electron chi connectivity index (χ1n) is 15.3. The predicted molar refractivity (Wildman–Crippen MR) is 179 cm³/mol. The van der Waals surface area contributed by atoms with Crippen LogP contribution < -0.4 is 33.2 Å². The van der Waals surface area contributed by atoms with Gasteiger partial charge >= 0.3 is 6.18 Å². The number of alkyl halides is 3. The first kappa shape index (κ1) is 37.7. The zero-order chi connectivity index (χ0) is 34.6. The molecular weight excluding hydrogens is 633 g/mol. The number of pyridine rings is 1. The first-order chi connectivity index (χ1) is 22.3. The molecule has 1 aromatic heterocycles. The lowest BCUT2D eigenvalue weighted by molar-refractivity contribution is -0.907. The molecule has 3 rings (SSSR count). The number of halogens is 3. The highest BCUT2D eigenvalue weighted by atomic mass is 32.1. The third-order valence-corrected chi connectivity index (χ3v) is 8.30. The number of benzene rings is 2. The molecule has 3 amide bonds. The first-order valence-corrected chi connectivity index (χ1v) is 15.9. The van der Waals surface area contributed by atoms with Gasteiger partial charge in [0.1, 0.15) is 12.1 Å². The highest BCUT2D eigenvalue weighted by Crippen LogP contribution is 2.29. The van der Waals surface area contributed by atoms with Gasteiger partial charge in [0, 0.05) is 30.6 Å². The third-order valence-electron chi connectivity index (χ3n) is 7.91. The van der Waals surface area contributed by atoms with E-state index in [1.807, 2.05) is 31.3 Å². The van der Waals surface area contributed by atoms with Crippen molar-refractivity contribution < 1.29 is 32.0 Å². The Morgan fingerprint density at radius 2 is 1.55 bits per heavy atom. The van der Waals surface area contributed by atoms with Gasteiger partial charge in [-0.25, -0.2) is 0 Å². The minimum atomic E-state index is -4.53. The summed E-state index contributed by atoms with van der Waals surface area (Å²) in [5.41, 5.74) is 18.1. The van der Waals surface area contributed by atoms with Crippen molar-refractivity contribution in [3.63, 3.8) is 0 Å². The maximum Gasteiger partial charge on any atom is 0.416 e. The van der Waals surface area contributed by atoms with Crippen molar-refractivity contribution >= 4 is 46.9 Å². The zero-order valence-electron chi connectivity index (χ0n) is 26.3. The van der Waals surface area contributed by atoms with Gasteiger partial charge in [-0.3, -0.25) is 19.4 Å². The summed E-state index contributed by atoms with van der Waals surface area (Å²) in [6.07, 6.45) is -2.48. The average Bonchev–Trinajstić information content (AvgIpc) is 3.03. The summed E-state index contributed by atoms with van der Waals surface area (Å²) in [4.78, 5) is 44.5. The lowest BCUT2D eigenvalue weighted by Crippen LogP contribution is -2.56. The van der Waals surface area contributed by atoms with E-state index in [2.05, 4.69) is 33.6 Å². The van der Waals surface area contributed by atoms with Gasteiger partial charge in [0.2, 0.25) is 17.7 Å². The smallest absolute Gasteiger partial charge is 0.343 e. The number of thiol groups is 1. The number of likely N-dealkylation sites (N-methyl/N-ethyl adjacent to an activating group) is 1. The number of aromatic nitrogens is 1. The predicted octanol–water partition coefficient (Wildman–Crippen LogP) is 1.81. The molecule has 0 bridgehead atoms. The van der Waals surface area contributed by atoms with Crippen molar-refractivity contribution in [3.8, 4) is 0 Å². The SMILES string of the molecule is C[N+](CCN)(CCN)CCC[C@H](NC(=O)[C@H](N)CS)C(=O)N[C@H](Cc1ccc(C(F)(F)F)cc1)C(=O)Nc1cnc2ccccc2c1. The summed E-state index contributed by atoms with van der Waals surface area (Å²) >= 11 is 4.08. The number of fused-ring (bicyclic) bond motifs is 1. The van der Waals surface area contributed by atoms with Crippen molar-refractivity contribution in [1.29, 1.82) is 0 Å². The van der Waals surface area contributed by atoms with Crippen LogP contribution in [-0.4, -0.2) is 90.8 Å². The zero-order valence-corrected chi connectivity index (χ0v) is 27.2. The number of carbonyl (C=O) groups is 3. The van der Waals surface area contributed by atoms with E-state index in [1.165, 1.54) is 18.3 Å². The minimum Gasteiger partial charge on any atom is -0.343 e. The van der Waals surface area contributed by atoms with Crippen LogP contribution in [0.15, 0.2) is 60.8 Å². The molecule has 0 aliphatic heterocycles. The Balaban J connectivity index is 1.86. The van der Waals surface area contributed by atoms with Gasteiger partial charge in [-0.15, -0.1) is 0 Å². The molecule has 47 heavy (non-hydrogen) atoms. The number of anilines is 1. The monoisotopic (exact) mass is 677 g/mol. The summed E-state index contributed by atoms with van der Waals surface area (Å²) < 4.78 is 40.1. The van der Waals surface area contributed by atoms with Crippen LogP contribution in [0, 0.1) is 0 Å². The summed E-state index contributed by atoms with van der Waals surface area (Å²) in [6.45, 7) is 2.86. The number of amides is 3. The molecule has 0 saturated heterocycles. The van der Waals surface area contributed by atoms with Gasteiger partial charge in [0.25, 0.3) is 0 Å². The van der Waals surface area contributed by atoms with Crippen LogP contribution in [0.4, 0.5) is 18.9 Å². The number of quaternary nitrogens is 1. The van der Waals surface area contributed by atoms with Gasteiger partial charge < -0.3 is 37.6 Å². The number of nitrogens with zero attached hydrogens (tertiary/aromatic N) is 2. The average molecular weight is 678 g/mol. The number of nitrogens with one attached hydrogen (secondary N) is 3. The minimum absolute atomic E-state index is 0.0425. The molecule has 0 aliphatic carbocycles. The van der Waals surface area contributed by atoms with Crippen molar-refractivity contribution in [3.05, 3.63) is 71.9 Å². The van der Waals surface area contributed by atoms with Gasteiger partial charge in [-0.2, -0.15) is 25.8 Å². The normalized spacial score (nSPS) is 13.9. The molecule has 15 heteroatoms. The third kappa shape index (κ3) is 11.5. The van der Waals surface area contributed by atoms with Crippen LogP contribution >= 0.6 is 12.6 Å². The topological polar surface area (TPSA) is 178 Å². The lowest BCUT2D eigenvalue weighted by Gasteiger charge is -2.34. The lowest BCUT2D eigenvalue weighted by atomic mass is 10.0. The number of rotatable bonds is 17. The van der Waals surface area contributed by atoms with Gasteiger partial charge in [-0.1, -0.05) is 30.3 Å². The molecular formula is C32H44F3N8O3S+. The highest BCUT2D eigenvalue weighted by molar-refractivity contribution is 7.80. The van der Waals surface area contributed by atoms with Gasteiger partial charge in [0.05, 0.1) is 55.7 Å². The van der Waals surface area contributed by atoms with Crippen molar-refractivity contribution in [2.24, 2.45) is 17.2 Å². The Hall–Kier alpha value is -3.76. The summed E-state index contributed by atoms with van der Waals surface area (Å²) in [6, 6.07) is 10.1.